The van der Waals surface area contributed by atoms with E-state index in [4.69, 9.17) is 4.74 Å². The highest BCUT2D eigenvalue weighted by Gasteiger charge is 2.46. The maximum atomic E-state index is 13.0. The highest BCUT2D eigenvalue weighted by atomic mass is 16.6. The number of nitrogens with zero attached hydrogens (tertiary/aromatic N) is 1. The van der Waals surface area contributed by atoms with Gasteiger partial charge in [0.25, 0.3) is 0 Å². The van der Waals surface area contributed by atoms with E-state index in [0.29, 0.717) is 12.2 Å². The van der Waals surface area contributed by atoms with Crippen molar-refractivity contribution in [2.45, 2.75) is 84.4 Å². The zero-order valence-corrected chi connectivity index (χ0v) is 16.7. The number of aryl methyl sites for hydroxylation is 2. The van der Waals surface area contributed by atoms with Gasteiger partial charge in [0.05, 0.1) is 0 Å². The summed E-state index contributed by atoms with van der Waals surface area (Å²) in [7, 11) is 0. The zero-order chi connectivity index (χ0) is 19.1. The molecule has 142 valence electrons. The first-order valence-electron chi connectivity index (χ1n) is 9.75. The van der Waals surface area contributed by atoms with Crippen LogP contribution in [-0.2, 0) is 16.0 Å². The van der Waals surface area contributed by atoms with E-state index in [1.807, 2.05) is 31.7 Å². The lowest BCUT2D eigenvalue weighted by atomic mass is 9.84. The highest BCUT2D eigenvalue weighted by molar-refractivity contribution is 5.84. The van der Waals surface area contributed by atoms with Crippen molar-refractivity contribution < 1.29 is 14.3 Å². The lowest BCUT2D eigenvalue weighted by molar-refractivity contribution is -0.124. The van der Waals surface area contributed by atoms with Gasteiger partial charge in [-0.3, -0.25) is 4.79 Å². The maximum Gasteiger partial charge on any atom is 0.410 e. The van der Waals surface area contributed by atoms with E-state index >= 15 is 0 Å². The van der Waals surface area contributed by atoms with Crippen LogP contribution >= 0.6 is 0 Å². The SMILES string of the molecule is Cc1cccc(C)c1CC(=O)C1CC2CCC(C1)N2C(=O)OC(C)(C)C. The van der Waals surface area contributed by atoms with Gasteiger partial charge in [-0.05, 0) is 77.0 Å². The molecular formula is C22H31NO3. The molecule has 0 aliphatic carbocycles. The summed E-state index contributed by atoms with van der Waals surface area (Å²) in [5, 5.41) is 0. The number of carbonyl (C=O) groups is 2. The van der Waals surface area contributed by atoms with Crippen LogP contribution < -0.4 is 0 Å². The Morgan fingerprint density at radius 1 is 1.08 bits per heavy atom. The molecule has 1 amide bonds. The fourth-order valence-electron chi connectivity index (χ4n) is 4.50. The summed E-state index contributed by atoms with van der Waals surface area (Å²) in [6.07, 6.45) is 3.81. The minimum atomic E-state index is -0.481. The van der Waals surface area contributed by atoms with Crippen LogP contribution in [-0.4, -0.2) is 34.5 Å². The second-order valence-corrected chi connectivity index (χ2v) is 8.95. The van der Waals surface area contributed by atoms with E-state index in [0.717, 1.165) is 25.7 Å². The third-order valence-corrected chi connectivity index (χ3v) is 5.79. The third-order valence-electron chi connectivity index (χ3n) is 5.79. The zero-order valence-electron chi connectivity index (χ0n) is 16.7. The molecule has 0 aromatic heterocycles. The van der Waals surface area contributed by atoms with Gasteiger partial charge in [0.15, 0.2) is 0 Å². The summed E-state index contributed by atoms with van der Waals surface area (Å²) < 4.78 is 5.58. The van der Waals surface area contributed by atoms with Crippen LogP contribution in [0.5, 0.6) is 0 Å². The van der Waals surface area contributed by atoms with Crippen LogP contribution in [0.15, 0.2) is 18.2 Å². The summed E-state index contributed by atoms with van der Waals surface area (Å²) in [4.78, 5) is 27.4. The maximum absolute atomic E-state index is 13.0. The molecule has 3 rings (SSSR count). The lowest BCUT2D eigenvalue weighted by Crippen LogP contribution is -2.49. The van der Waals surface area contributed by atoms with Gasteiger partial charge in [-0.25, -0.2) is 4.79 Å². The van der Waals surface area contributed by atoms with Crippen molar-refractivity contribution in [2.24, 2.45) is 5.92 Å². The van der Waals surface area contributed by atoms with Crippen molar-refractivity contribution in [1.82, 2.24) is 4.90 Å². The second-order valence-electron chi connectivity index (χ2n) is 8.95. The van der Waals surface area contributed by atoms with Crippen molar-refractivity contribution in [3.8, 4) is 0 Å². The first-order chi connectivity index (χ1) is 12.2. The number of benzene rings is 1. The van der Waals surface area contributed by atoms with Crippen LogP contribution in [0.1, 0.15) is 63.1 Å². The molecule has 0 N–H and O–H groups in total. The number of hydrogen-bond donors (Lipinski definition) is 0. The predicted molar refractivity (Wildman–Crippen MR) is 102 cm³/mol. The molecule has 2 saturated heterocycles. The van der Waals surface area contributed by atoms with Crippen molar-refractivity contribution in [1.29, 1.82) is 0 Å². The first-order valence-corrected chi connectivity index (χ1v) is 9.75. The van der Waals surface area contributed by atoms with Crippen LogP contribution in [0.3, 0.4) is 0 Å². The number of carbonyl (C=O) groups excluding carboxylic acids is 2. The number of amides is 1. The summed E-state index contributed by atoms with van der Waals surface area (Å²) in [6, 6.07) is 6.48. The molecule has 1 aromatic carbocycles. The largest absolute Gasteiger partial charge is 0.444 e. The molecule has 26 heavy (non-hydrogen) atoms. The van der Waals surface area contributed by atoms with Crippen LogP contribution in [0.25, 0.3) is 0 Å². The Balaban J connectivity index is 1.67. The molecule has 2 fully saturated rings. The molecule has 2 aliphatic heterocycles. The van der Waals surface area contributed by atoms with E-state index in [1.54, 1.807) is 0 Å². The van der Waals surface area contributed by atoms with Crippen molar-refractivity contribution >= 4 is 11.9 Å². The Kier molecular flexibility index (Phi) is 5.14. The van der Waals surface area contributed by atoms with Gasteiger partial charge in [0, 0.05) is 24.4 Å². The molecule has 4 heteroatoms. The van der Waals surface area contributed by atoms with Gasteiger partial charge >= 0.3 is 6.09 Å². The topological polar surface area (TPSA) is 46.6 Å². The normalized spacial score (nSPS) is 25.3. The fraction of sp³-hybridized carbons (Fsp3) is 0.636. The molecule has 1 aromatic rings. The molecule has 2 aliphatic rings. The monoisotopic (exact) mass is 357 g/mol. The lowest BCUT2D eigenvalue weighted by Gasteiger charge is -2.39. The molecule has 4 nitrogen and oxygen atoms in total. The van der Waals surface area contributed by atoms with Crippen molar-refractivity contribution in [2.75, 3.05) is 0 Å². The summed E-state index contributed by atoms with van der Waals surface area (Å²) in [6.45, 7) is 9.84. The second kappa shape index (κ2) is 7.05. The number of piperidine rings is 1. The van der Waals surface area contributed by atoms with Gasteiger partial charge in [0.1, 0.15) is 11.4 Å². The Bertz CT molecular complexity index is 670. The highest BCUT2D eigenvalue weighted by Crippen LogP contribution is 2.40. The predicted octanol–water partition coefficient (Wildman–Crippen LogP) is 4.59. The first kappa shape index (κ1) is 18.9. The molecule has 2 heterocycles. The Hall–Kier alpha value is -1.84. The Labute approximate surface area is 156 Å². The number of ether oxygens (including phenoxy) is 1. The van der Waals surface area contributed by atoms with Crippen molar-refractivity contribution in [3.05, 3.63) is 34.9 Å². The smallest absolute Gasteiger partial charge is 0.410 e. The molecule has 0 radical (unpaired) electrons. The molecule has 0 spiro atoms. The summed E-state index contributed by atoms with van der Waals surface area (Å²) >= 11 is 0. The number of Topliss-reactive ketones (excluding diaryl/α,β-unsaturated/α-hetero) is 1. The van der Waals surface area contributed by atoms with Crippen LogP contribution in [0.4, 0.5) is 4.79 Å². The van der Waals surface area contributed by atoms with E-state index in [1.165, 1.54) is 16.7 Å². The van der Waals surface area contributed by atoms with E-state index < -0.39 is 5.60 Å². The molecular weight excluding hydrogens is 326 g/mol. The minimum absolute atomic E-state index is 0.0604. The minimum Gasteiger partial charge on any atom is -0.444 e. The molecule has 2 unspecified atom stereocenters. The fourth-order valence-corrected chi connectivity index (χ4v) is 4.50. The summed E-state index contributed by atoms with van der Waals surface area (Å²) in [5.41, 5.74) is 3.06. The average Bonchev–Trinajstić information content (AvgIpc) is 2.79. The average molecular weight is 357 g/mol. The van der Waals surface area contributed by atoms with Gasteiger partial charge < -0.3 is 9.64 Å². The Morgan fingerprint density at radius 2 is 1.62 bits per heavy atom. The molecule has 2 atom stereocenters. The number of ketones is 1. The molecule has 2 bridgehead atoms. The number of hydrogen-bond acceptors (Lipinski definition) is 3. The van der Waals surface area contributed by atoms with E-state index in [2.05, 4.69) is 26.0 Å². The van der Waals surface area contributed by atoms with E-state index in [9.17, 15) is 9.59 Å². The van der Waals surface area contributed by atoms with Gasteiger partial charge in [-0.2, -0.15) is 0 Å². The van der Waals surface area contributed by atoms with Gasteiger partial charge in [0.2, 0.25) is 0 Å². The summed E-state index contributed by atoms with van der Waals surface area (Å²) in [5.74, 6) is 0.383. The quantitative estimate of drug-likeness (QED) is 0.795. The molecule has 0 saturated carbocycles. The van der Waals surface area contributed by atoms with Gasteiger partial charge in [-0.15, -0.1) is 0 Å². The van der Waals surface area contributed by atoms with Crippen molar-refractivity contribution in [3.63, 3.8) is 0 Å². The standard InChI is InChI=1S/C22H31NO3/c1-14-7-6-8-15(2)19(14)13-20(24)16-11-17-9-10-18(12-16)23(17)21(25)26-22(3,4)5/h6-8,16-18H,9-13H2,1-5H3. The van der Waals surface area contributed by atoms with E-state index in [-0.39, 0.29) is 24.1 Å². The van der Waals surface area contributed by atoms with Crippen LogP contribution in [0, 0.1) is 19.8 Å². The van der Waals surface area contributed by atoms with Crippen LogP contribution in [0.2, 0.25) is 0 Å². The number of fused-ring (bicyclic) bond motifs is 2. The Morgan fingerprint density at radius 3 is 2.12 bits per heavy atom. The third kappa shape index (κ3) is 3.94. The van der Waals surface area contributed by atoms with Gasteiger partial charge in [-0.1, -0.05) is 18.2 Å². The number of rotatable bonds is 3.